The number of carbonyl (C=O) groups is 1. The van der Waals surface area contributed by atoms with Crippen LogP contribution in [0.5, 0.6) is 0 Å². The summed E-state index contributed by atoms with van der Waals surface area (Å²) in [5.74, 6) is -0.323. The Balaban J connectivity index is 1.57. The Morgan fingerprint density at radius 1 is 1.43 bits per heavy atom. The van der Waals surface area contributed by atoms with Crippen molar-refractivity contribution in [3.8, 4) is 16.6 Å². The van der Waals surface area contributed by atoms with Crippen molar-refractivity contribution < 1.29 is 18.4 Å². The number of nitriles is 1. The van der Waals surface area contributed by atoms with Gasteiger partial charge in [0.15, 0.2) is 5.69 Å². The third-order valence-corrected chi connectivity index (χ3v) is 4.00. The number of carbonyl (C=O) groups excluding carboxylic acids is 1. The SMILES string of the molecule is N#CC(COC(=O)c1csc(-c2ccoc2)n1)Cc1ccco1. The van der Waals surface area contributed by atoms with Gasteiger partial charge in [-0.15, -0.1) is 11.3 Å². The lowest BCUT2D eigenvalue weighted by Crippen LogP contribution is -2.15. The third-order valence-electron chi connectivity index (χ3n) is 3.11. The van der Waals surface area contributed by atoms with Crippen LogP contribution in [0.25, 0.3) is 10.6 Å². The lowest BCUT2D eigenvalue weighted by Gasteiger charge is -2.07. The summed E-state index contributed by atoms with van der Waals surface area (Å²) in [6.45, 7) is -0.00535. The Morgan fingerprint density at radius 3 is 3.04 bits per heavy atom. The molecule has 6 nitrogen and oxygen atoms in total. The molecular weight excluding hydrogens is 316 g/mol. The van der Waals surface area contributed by atoms with Crippen molar-refractivity contribution in [2.24, 2.45) is 5.92 Å². The summed E-state index contributed by atoms with van der Waals surface area (Å²) < 4.78 is 15.4. The highest BCUT2D eigenvalue weighted by atomic mass is 32.1. The molecule has 3 aromatic rings. The van der Waals surface area contributed by atoms with Crippen molar-refractivity contribution in [3.63, 3.8) is 0 Å². The summed E-state index contributed by atoms with van der Waals surface area (Å²) in [5, 5.41) is 11.4. The van der Waals surface area contributed by atoms with Crippen LogP contribution in [0.3, 0.4) is 0 Å². The molecule has 0 N–H and O–H groups in total. The van der Waals surface area contributed by atoms with Crippen LogP contribution in [0.1, 0.15) is 16.2 Å². The van der Waals surface area contributed by atoms with Gasteiger partial charge in [-0.3, -0.25) is 0 Å². The predicted molar refractivity (Wildman–Crippen MR) is 81.6 cm³/mol. The molecule has 0 saturated heterocycles. The predicted octanol–water partition coefficient (Wildman–Crippen LogP) is 3.54. The highest BCUT2D eigenvalue weighted by Crippen LogP contribution is 2.24. The second-order valence-corrected chi connectivity index (χ2v) is 5.62. The maximum atomic E-state index is 12.0. The topological polar surface area (TPSA) is 89.3 Å². The van der Waals surface area contributed by atoms with Gasteiger partial charge in [-0.25, -0.2) is 9.78 Å². The Morgan fingerprint density at radius 2 is 2.35 bits per heavy atom. The first kappa shape index (κ1) is 15.1. The van der Waals surface area contributed by atoms with Gasteiger partial charge < -0.3 is 13.6 Å². The van der Waals surface area contributed by atoms with E-state index in [1.807, 2.05) is 0 Å². The van der Waals surface area contributed by atoms with Crippen LogP contribution in [-0.2, 0) is 11.2 Å². The van der Waals surface area contributed by atoms with Gasteiger partial charge in [-0.2, -0.15) is 5.26 Å². The van der Waals surface area contributed by atoms with Crippen LogP contribution in [0, 0.1) is 17.2 Å². The van der Waals surface area contributed by atoms with Crippen molar-refractivity contribution in [2.75, 3.05) is 6.61 Å². The number of aromatic nitrogens is 1. The van der Waals surface area contributed by atoms with E-state index in [4.69, 9.17) is 18.8 Å². The molecule has 1 unspecified atom stereocenters. The summed E-state index contributed by atoms with van der Waals surface area (Å²) in [4.78, 5) is 16.2. The van der Waals surface area contributed by atoms with E-state index in [1.54, 1.807) is 42.4 Å². The number of rotatable bonds is 6. The molecule has 3 heterocycles. The second kappa shape index (κ2) is 6.94. The van der Waals surface area contributed by atoms with E-state index >= 15 is 0 Å². The van der Waals surface area contributed by atoms with Crippen molar-refractivity contribution >= 4 is 17.3 Å². The average Bonchev–Trinajstić information content (AvgIpc) is 3.32. The van der Waals surface area contributed by atoms with Crippen molar-refractivity contribution in [1.29, 1.82) is 5.26 Å². The molecule has 3 aromatic heterocycles. The fourth-order valence-electron chi connectivity index (χ4n) is 1.95. The Kier molecular flexibility index (Phi) is 4.54. The molecule has 0 spiro atoms. The minimum atomic E-state index is -0.546. The molecule has 0 radical (unpaired) electrons. The summed E-state index contributed by atoms with van der Waals surface area (Å²) in [7, 11) is 0. The smallest absolute Gasteiger partial charge is 0.357 e. The molecule has 0 aliphatic rings. The van der Waals surface area contributed by atoms with Gasteiger partial charge in [-0.05, 0) is 18.2 Å². The van der Waals surface area contributed by atoms with Crippen LogP contribution in [0.15, 0.2) is 51.2 Å². The third kappa shape index (κ3) is 3.67. The molecule has 0 saturated carbocycles. The largest absolute Gasteiger partial charge is 0.472 e. The standard InChI is InChI=1S/C16H12N2O4S/c17-7-11(6-13-2-1-4-21-13)8-22-16(19)14-10-23-15(18-14)12-3-5-20-9-12/h1-5,9-11H,6,8H2. The molecule has 0 aromatic carbocycles. The van der Waals surface area contributed by atoms with Gasteiger partial charge >= 0.3 is 5.97 Å². The highest BCUT2D eigenvalue weighted by Gasteiger charge is 2.17. The van der Waals surface area contributed by atoms with Crippen molar-refractivity contribution in [3.05, 3.63) is 53.8 Å². The molecule has 1 atom stereocenters. The maximum absolute atomic E-state index is 12.0. The van der Waals surface area contributed by atoms with Crippen LogP contribution >= 0.6 is 11.3 Å². The zero-order valence-corrected chi connectivity index (χ0v) is 12.8. The molecular formula is C16H12N2O4S. The van der Waals surface area contributed by atoms with E-state index in [1.165, 1.54) is 11.3 Å². The average molecular weight is 328 g/mol. The monoisotopic (exact) mass is 328 g/mol. The van der Waals surface area contributed by atoms with Gasteiger partial charge in [0, 0.05) is 17.4 Å². The summed E-state index contributed by atoms with van der Waals surface area (Å²) in [5.41, 5.74) is 1.03. The van der Waals surface area contributed by atoms with Gasteiger partial charge in [0.2, 0.25) is 0 Å². The van der Waals surface area contributed by atoms with Crippen LogP contribution in [0.4, 0.5) is 0 Å². The van der Waals surface area contributed by atoms with E-state index < -0.39 is 11.9 Å². The molecule has 0 fully saturated rings. The molecule has 3 rings (SSSR count). The fraction of sp³-hybridized carbons (Fsp3) is 0.188. The number of hydrogen-bond donors (Lipinski definition) is 0. The maximum Gasteiger partial charge on any atom is 0.357 e. The zero-order chi connectivity index (χ0) is 16.1. The lowest BCUT2D eigenvalue weighted by molar-refractivity contribution is 0.0460. The first-order valence-electron chi connectivity index (χ1n) is 6.83. The Labute approximate surface area is 135 Å². The number of esters is 1. The first-order valence-corrected chi connectivity index (χ1v) is 7.71. The van der Waals surface area contributed by atoms with Gasteiger partial charge in [-0.1, -0.05) is 0 Å². The second-order valence-electron chi connectivity index (χ2n) is 4.76. The van der Waals surface area contributed by atoms with Gasteiger partial charge in [0.1, 0.15) is 23.6 Å². The number of furan rings is 2. The zero-order valence-electron chi connectivity index (χ0n) is 12.0. The number of ether oxygens (including phenoxy) is 1. The van der Waals surface area contributed by atoms with Crippen LogP contribution in [0.2, 0.25) is 0 Å². The summed E-state index contributed by atoms with van der Waals surface area (Å²) in [6.07, 6.45) is 5.04. The quantitative estimate of drug-likeness (QED) is 0.643. The summed E-state index contributed by atoms with van der Waals surface area (Å²) >= 11 is 1.33. The van der Waals surface area contributed by atoms with Crippen LogP contribution in [-0.4, -0.2) is 17.6 Å². The van der Waals surface area contributed by atoms with E-state index in [2.05, 4.69) is 11.1 Å². The number of nitrogens with zero attached hydrogens (tertiary/aromatic N) is 2. The van der Waals surface area contributed by atoms with Crippen molar-refractivity contribution in [2.45, 2.75) is 6.42 Å². The molecule has 0 aliphatic carbocycles. The van der Waals surface area contributed by atoms with Gasteiger partial charge in [0.05, 0.1) is 24.5 Å². The van der Waals surface area contributed by atoms with Crippen molar-refractivity contribution in [1.82, 2.24) is 4.98 Å². The molecule has 0 aliphatic heterocycles. The normalized spacial score (nSPS) is 11.8. The summed E-state index contributed by atoms with van der Waals surface area (Å²) in [6, 6.07) is 7.41. The molecule has 0 amide bonds. The fourth-order valence-corrected chi connectivity index (χ4v) is 2.73. The molecule has 0 bridgehead atoms. The Bertz CT molecular complexity index is 800. The number of hydrogen-bond acceptors (Lipinski definition) is 7. The highest BCUT2D eigenvalue weighted by molar-refractivity contribution is 7.13. The molecule has 23 heavy (non-hydrogen) atoms. The minimum Gasteiger partial charge on any atom is -0.472 e. The molecule has 7 heteroatoms. The van der Waals surface area contributed by atoms with E-state index in [9.17, 15) is 4.79 Å². The van der Waals surface area contributed by atoms with E-state index in [0.717, 1.165) is 5.56 Å². The Hall–Kier alpha value is -2.85. The first-order chi connectivity index (χ1) is 11.3. The number of thiazole rings is 1. The van der Waals surface area contributed by atoms with E-state index in [0.29, 0.717) is 17.2 Å². The van der Waals surface area contributed by atoms with E-state index in [-0.39, 0.29) is 12.3 Å². The molecule has 116 valence electrons. The van der Waals surface area contributed by atoms with Crippen LogP contribution < -0.4 is 0 Å². The van der Waals surface area contributed by atoms with Gasteiger partial charge in [0.25, 0.3) is 0 Å². The lowest BCUT2D eigenvalue weighted by atomic mass is 10.1. The minimum absolute atomic E-state index is 0.00535.